The van der Waals surface area contributed by atoms with E-state index in [-0.39, 0.29) is 0 Å². The van der Waals surface area contributed by atoms with E-state index in [1.807, 2.05) is 78.9 Å². The van der Waals surface area contributed by atoms with Crippen LogP contribution in [-0.4, -0.2) is 6.21 Å². The Morgan fingerprint density at radius 1 is 0.455 bits per heavy atom. The minimum atomic E-state index is 0.640. The fraction of sp³-hybridized carbons (Fsp3) is 0.0392. The molecule has 0 aliphatic carbocycles. The van der Waals surface area contributed by atoms with Gasteiger partial charge in [-0.25, -0.2) is 0 Å². The Balaban J connectivity index is 0.000000158. The summed E-state index contributed by atoms with van der Waals surface area (Å²) in [5.74, 6) is 0. The predicted molar refractivity (Wildman–Crippen MR) is 231 cm³/mol. The van der Waals surface area contributed by atoms with Crippen molar-refractivity contribution in [2.24, 2.45) is 5.73 Å². The third-order valence-corrected chi connectivity index (χ3v) is 9.91. The molecule has 266 valence electrons. The monoisotopic (exact) mass is 712 g/mol. The van der Waals surface area contributed by atoms with Crippen molar-refractivity contribution in [1.29, 1.82) is 5.41 Å². The van der Waals surface area contributed by atoms with Crippen LogP contribution in [0.1, 0.15) is 16.7 Å². The molecule has 2 heterocycles. The van der Waals surface area contributed by atoms with E-state index in [2.05, 4.69) is 116 Å². The summed E-state index contributed by atoms with van der Waals surface area (Å²) in [5.41, 5.74) is 19.4. The molecule has 4 nitrogen and oxygen atoms in total. The zero-order chi connectivity index (χ0) is 37.6. The number of hydrogen-bond acceptors (Lipinski definition) is 4. The second kappa shape index (κ2) is 15.9. The van der Waals surface area contributed by atoms with Crippen molar-refractivity contribution in [3.63, 3.8) is 0 Å². The molecule has 0 aliphatic heterocycles. The summed E-state index contributed by atoms with van der Waals surface area (Å²) in [7, 11) is 0. The summed E-state index contributed by atoms with van der Waals surface area (Å²) >= 11 is 0. The van der Waals surface area contributed by atoms with Crippen molar-refractivity contribution in [3.05, 3.63) is 205 Å². The minimum Gasteiger partial charge on any atom is -0.456 e. The smallest absolute Gasteiger partial charge is 0.138 e. The third kappa shape index (κ3) is 7.45. The first-order valence-corrected chi connectivity index (χ1v) is 18.4. The maximum atomic E-state index is 7.76. The van der Waals surface area contributed by atoms with Crippen LogP contribution in [0.2, 0.25) is 0 Å². The van der Waals surface area contributed by atoms with Gasteiger partial charge < -0.3 is 20.0 Å². The van der Waals surface area contributed by atoms with Crippen LogP contribution in [0.25, 0.3) is 77.3 Å². The molecule has 2 aromatic heterocycles. The summed E-state index contributed by atoms with van der Waals surface area (Å²) < 4.78 is 11.8. The Bertz CT molecular complexity index is 2850. The van der Waals surface area contributed by atoms with Crippen molar-refractivity contribution >= 4 is 50.1 Å². The van der Waals surface area contributed by atoms with E-state index >= 15 is 0 Å². The van der Waals surface area contributed by atoms with E-state index in [0.29, 0.717) is 6.54 Å². The molecule has 3 N–H and O–H groups in total. The van der Waals surface area contributed by atoms with Gasteiger partial charge in [-0.3, -0.25) is 0 Å². The van der Waals surface area contributed by atoms with Crippen molar-refractivity contribution in [1.82, 2.24) is 0 Å². The maximum absolute atomic E-state index is 7.76. The second-order valence-corrected chi connectivity index (χ2v) is 13.4. The average molecular weight is 713 g/mol. The van der Waals surface area contributed by atoms with E-state index in [9.17, 15) is 0 Å². The largest absolute Gasteiger partial charge is 0.456 e. The highest BCUT2D eigenvalue weighted by Gasteiger charge is 2.12. The molecule has 55 heavy (non-hydrogen) atoms. The summed E-state index contributed by atoms with van der Waals surface area (Å²) in [6, 6.07) is 64.4. The van der Waals surface area contributed by atoms with Crippen LogP contribution in [-0.2, 0) is 6.54 Å². The first-order chi connectivity index (χ1) is 27.1. The molecule has 0 spiro atoms. The fourth-order valence-corrected chi connectivity index (χ4v) is 7.00. The maximum Gasteiger partial charge on any atom is 0.138 e. The van der Waals surface area contributed by atoms with Gasteiger partial charge in [-0.05, 0) is 75.7 Å². The van der Waals surface area contributed by atoms with Crippen molar-refractivity contribution in [3.8, 4) is 33.4 Å². The lowest BCUT2D eigenvalue weighted by molar-refractivity contribution is 0.666. The topological polar surface area (TPSA) is 76.2 Å². The molecule has 0 fully saturated rings. The Morgan fingerprint density at radius 2 is 0.964 bits per heavy atom. The SMILES string of the molecule is Cc1cccc2c1oc1ccccc12.N=Cc1cccc2oc3ccc(-c4ccc(-c5ccc(-c6ccccc6)cc5)cc4)cc3c12.NCc1ccccc1. The van der Waals surface area contributed by atoms with Crippen LogP contribution < -0.4 is 5.73 Å². The quantitative estimate of drug-likeness (QED) is 0.174. The zero-order valence-corrected chi connectivity index (χ0v) is 30.6. The first kappa shape index (κ1) is 35.0. The minimum absolute atomic E-state index is 0.640. The van der Waals surface area contributed by atoms with Crippen LogP contribution in [0.5, 0.6) is 0 Å². The summed E-state index contributed by atoms with van der Waals surface area (Å²) in [6.07, 6.45) is 1.39. The molecular weight excluding hydrogens is 673 g/mol. The van der Waals surface area contributed by atoms with Crippen molar-refractivity contribution in [2.45, 2.75) is 13.5 Å². The van der Waals surface area contributed by atoms with Crippen LogP contribution >= 0.6 is 0 Å². The Morgan fingerprint density at radius 3 is 1.60 bits per heavy atom. The molecule has 0 saturated heterocycles. The Labute approximate surface area is 320 Å². The molecule has 0 atom stereocenters. The van der Waals surface area contributed by atoms with Gasteiger partial charge in [0.2, 0.25) is 0 Å². The highest BCUT2D eigenvalue weighted by molar-refractivity contribution is 6.13. The normalized spacial score (nSPS) is 10.9. The molecule has 8 aromatic carbocycles. The number of fused-ring (bicyclic) bond motifs is 6. The van der Waals surface area contributed by atoms with E-state index in [4.69, 9.17) is 20.0 Å². The number of furan rings is 2. The van der Waals surface area contributed by atoms with E-state index < -0.39 is 0 Å². The van der Waals surface area contributed by atoms with Crippen LogP contribution in [0.4, 0.5) is 0 Å². The zero-order valence-electron chi connectivity index (χ0n) is 30.6. The molecule has 0 radical (unpaired) electrons. The number of aryl methyl sites for hydroxylation is 1. The molecule has 0 unspecified atom stereocenters. The summed E-state index contributed by atoms with van der Waals surface area (Å²) in [4.78, 5) is 0. The average Bonchev–Trinajstić information content (AvgIpc) is 3.84. The van der Waals surface area contributed by atoms with Gasteiger partial charge in [-0.15, -0.1) is 0 Å². The highest BCUT2D eigenvalue weighted by Crippen LogP contribution is 2.35. The standard InChI is InChI=1S/C31H21NO.C13H10O.C7H9N/c32-20-27-7-4-8-30-31(27)28-19-26(17-18-29(28)33-30)25-15-13-24(14-16-25)23-11-9-22(10-12-23)21-5-2-1-3-6-21;1-9-5-4-7-11-10-6-2-3-8-12(10)14-13(9)11;8-6-7-4-2-1-3-5-7/h1-20,32H;2-8H,1H3;1-5H,6,8H2. The second-order valence-electron chi connectivity index (χ2n) is 13.4. The molecular formula is C51H40N2O2. The fourth-order valence-electron chi connectivity index (χ4n) is 7.00. The summed E-state index contributed by atoms with van der Waals surface area (Å²) in [6.45, 7) is 2.71. The van der Waals surface area contributed by atoms with Gasteiger partial charge >= 0.3 is 0 Å². The lowest BCUT2D eigenvalue weighted by atomic mass is 9.97. The van der Waals surface area contributed by atoms with Gasteiger partial charge in [-0.2, -0.15) is 0 Å². The van der Waals surface area contributed by atoms with E-state index in [1.165, 1.54) is 50.4 Å². The number of para-hydroxylation sites is 2. The molecule has 0 bridgehead atoms. The molecule has 4 heteroatoms. The molecule has 0 saturated carbocycles. The van der Waals surface area contributed by atoms with E-state index in [1.54, 1.807) is 0 Å². The van der Waals surface area contributed by atoms with Gasteiger partial charge in [0.25, 0.3) is 0 Å². The van der Waals surface area contributed by atoms with Gasteiger partial charge in [0.1, 0.15) is 22.3 Å². The number of nitrogens with one attached hydrogen (secondary N) is 1. The molecule has 10 aromatic rings. The van der Waals surface area contributed by atoms with Crippen LogP contribution in [0, 0.1) is 12.3 Å². The van der Waals surface area contributed by atoms with Crippen LogP contribution in [0.15, 0.2) is 197 Å². The van der Waals surface area contributed by atoms with Gasteiger partial charge in [0, 0.05) is 39.9 Å². The predicted octanol–water partition coefficient (Wildman–Crippen LogP) is 13.6. The number of hydrogen-bond donors (Lipinski definition) is 2. The number of nitrogens with two attached hydrogens (primary N) is 1. The van der Waals surface area contributed by atoms with Crippen molar-refractivity contribution in [2.75, 3.05) is 0 Å². The molecule has 10 rings (SSSR count). The van der Waals surface area contributed by atoms with Crippen LogP contribution in [0.3, 0.4) is 0 Å². The van der Waals surface area contributed by atoms with Gasteiger partial charge in [0.15, 0.2) is 0 Å². The molecule has 0 aliphatic rings. The van der Waals surface area contributed by atoms with Gasteiger partial charge in [0.05, 0.1) is 0 Å². The first-order valence-electron chi connectivity index (χ1n) is 18.4. The summed E-state index contributed by atoms with van der Waals surface area (Å²) in [5, 5.41) is 12.2. The Kier molecular flexibility index (Phi) is 10.1. The number of rotatable bonds is 5. The van der Waals surface area contributed by atoms with Gasteiger partial charge in [-0.1, -0.05) is 164 Å². The Hall–Kier alpha value is -7.01. The molecule has 0 amide bonds. The van der Waals surface area contributed by atoms with E-state index in [0.717, 1.165) is 49.8 Å². The highest BCUT2D eigenvalue weighted by atomic mass is 16.3. The third-order valence-electron chi connectivity index (χ3n) is 9.91. The van der Waals surface area contributed by atoms with Crippen molar-refractivity contribution < 1.29 is 8.83 Å². The lowest BCUT2D eigenvalue weighted by Crippen LogP contribution is -1.94. The lowest BCUT2D eigenvalue weighted by Gasteiger charge is -2.07. The number of benzene rings is 8.